The number of hydrogen-bond donors (Lipinski definition) is 2. The Kier molecular flexibility index (Phi) is 7.40. The van der Waals surface area contributed by atoms with Crippen molar-refractivity contribution in [1.82, 2.24) is 5.32 Å². The van der Waals surface area contributed by atoms with Crippen molar-refractivity contribution in [3.05, 3.63) is 29.8 Å². The summed E-state index contributed by atoms with van der Waals surface area (Å²) in [6, 6.07) is 8.53. The molecule has 2 nitrogen and oxygen atoms in total. The molecule has 0 bridgehead atoms. The summed E-state index contributed by atoms with van der Waals surface area (Å²) >= 11 is 1.85. The lowest BCUT2D eigenvalue weighted by atomic mass is 10.2. The van der Waals surface area contributed by atoms with Crippen LogP contribution in [-0.2, 0) is 6.54 Å². The first-order valence-corrected chi connectivity index (χ1v) is 7.57. The van der Waals surface area contributed by atoms with Gasteiger partial charge in [-0.3, -0.25) is 0 Å². The van der Waals surface area contributed by atoms with Gasteiger partial charge < -0.3 is 10.4 Å². The Hall–Kier alpha value is -0.510. The van der Waals surface area contributed by atoms with Gasteiger partial charge in [-0.25, -0.2) is 0 Å². The Bertz CT molecular complexity index is 341. The molecule has 0 amide bonds. The summed E-state index contributed by atoms with van der Waals surface area (Å²) in [5.74, 6) is 0.679. The summed E-state index contributed by atoms with van der Waals surface area (Å²) in [5.41, 5.74) is 1.35. The van der Waals surface area contributed by atoms with Crippen LogP contribution in [0.4, 0.5) is 0 Å². The Balaban J connectivity index is 2.56. The first kappa shape index (κ1) is 15.5. The molecule has 1 aromatic carbocycles. The van der Waals surface area contributed by atoms with Crippen molar-refractivity contribution >= 4 is 11.8 Å². The minimum absolute atomic E-state index is 0.266. The van der Waals surface area contributed by atoms with E-state index in [9.17, 15) is 0 Å². The van der Waals surface area contributed by atoms with Gasteiger partial charge in [0, 0.05) is 23.3 Å². The summed E-state index contributed by atoms with van der Waals surface area (Å²) in [7, 11) is 0. The van der Waals surface area contributed by atoms with Crippen molar-refractivity contribution in [2.24, 2.45) is 5.92 Å². The van der Waals surface area contributed by atoms with E-state index in [0.717, 1.165) is 19.5 Å². The summed E-state index contributed by atoms with van der Waals surface area (Å²) in [6.07, 6.45) is 0.846. The maximum atomic E-state index is 8.96. The smallest absolute Gasteiger partial charge is 0.0441 e. The van der Waals surface area contributed by atoms with Gasteiger partial charge in [0.2, 0.25) is 0 Å². The van der Waals surface area contributed by atoms with Crippen molar-refractivity contribution in [3.63, 3.8) is 0 Å². The SMILES string of the molecule is CC(C)CNCc1ccccc1SC(C)CCO. The Labute approximate surface area is 115 Å². The molecule has 1 aromatic rings. The van der Waals surface area contributed by atoms with E-state index in [1.54, 1.807) is 0 Å². The maximum absolute atomic E-state index is 8.96. The first-order chi connectivity index (χ1) is 8.63. The van der Waals surface area contributed by atoms with E-state index in [4.69, 9.17) is 5.11 Å². The van der Waals surface area contributed by atoms with E-state index < -0.39 is 0 Å². The number of hydrogen-bond acceptors (Lipinski definition) is 3. The molecule has 0 aliphatic rings. The molecule has 0 aromatic heterocycles. The molecule has 0 fully saturated rings. The second-order valence-corrected chi connectivity index (χ2v) is 6.55. The summed E-state index contributed by atoms with van der Waals surface area (Å²) < 4.78 is 0. The highest BCUT2D eigenvalue weighted by Gasteiger charge is 2.07. The highest BCUT2D eigenvalue weighted by molar-refractivity contribution is 8.00. The van der Waals surface area contributed by atoms with Gasteiger partial charge in [-0.05, 0) is 30.5 Å². The van der Waals surface area contributed by atoms with Crippen LogP contribution in [0.25, 0.3) is 0 Å². The zero-order chi connectivity index (χ0) is 13.4. The molecular formula is C15H25NOS. The van der Waals surface area contributed by atoms with Gasteiger partial charge in [0.05, 0.1) is 0 Å². The Morgan fingerprint density at radius 1 is 1.22 bits per heavy atom. The summed E-state index contributed by atoms with van der Waals surface area (Å²) in [4.78, 5) is 1.33. The van der Waals surface area contributed by atoms with Crippen LogP contribution in [0.15, 0.2) is 29.2 Å². The second kappa shape index (κ2) is 8.57. The van der Waals surface area contributed by atoms with E-state index in [0.29, 0.717) is 11.2 Å². The van der Waals surface area contributed by atoms with Crippen LogP contribution in [0.5, 0.6) is 0 Å². The fourth-order valence-electron chi connectivity index (χ4n) is 1.72. The quantitative estimate of drug-likeness (QED) is 0.709. The zero-order valence-corrected chi connectivity index (χ0v) is 12.5. The fourth-order valence-corrected chi connectivity index (χ4v) is 2.82. The van der Waals surface area contributed by atoms with Crippen LogP contribution in [0, 0.1) is 5.92 Å². The third kappa shape index (κ3) is 5.89. The van der Waals surface area contributed by atoms with E-state index in [1.165, 1.54) is 10.5 Å². The normalized spacial score (nSPS) is 12.9. The molecule has 0 radical (unpaired) electrons. The average Bonchev–Trinajstić information content (AvgIpc) is 2.31. The molecule has 0 heterocycles. The molecule has 18 heavy (non-hydrogen) atoms. The minimum Gasteiger partial charge on any atom is -0.396 e. The molecule has 102 valence electrons. The Morgan fingerprint density at radius 2 is 1.94 bits per heavy atom. The molecule has 0 saturated carbocycles. The minimum atomic E-state index is 0.266. The number of rotatable bonds is 8. The highest BCUT2D eigenvalue weighted by atomic mass is 32.2. The third-order valence-electron chi connectivity index (χ3n) is 2.70. The number of nitrogens with one attached hydrogen (secondary N) is 1. The number of aliphatic hydroxyl groups excluding tert-OH is 1. The van der Waals surface area contributed by atoms with Crippen LogP contribution < -0.4 is 5.32 Å². The van der Waals surface area contributed by atoms with Crippen LogP contribution in [0.1, 0.15) is 32.8 Å². The van der Waals surface area contributed by atoms with Gasteiger partial charge in [0.1, 0.15) is 0 Å². The third-order valence-corrected chi connectivity index (χ3v) is 3.99. The standard InChI is InChI=1S/C15H25NOS/c1-12(2)10-16-11-14-6-4-5-7-15(14)18-13(3)8-9-17/h4-7,12-13,16-17H,8-11H2,1-3H3. The molecule has 1 unspecified atom stereocenters. The molecule has 1 rings (SSSR count). The molecule has 0 saturated heterocycles. The molecular weight excluding hydrogens is 242 g/mol. The molecule has 0 aliphatic heterocycles. The van der Waals surface area contributed by atoms with Gasteiger partial charge in [-0.15, -0.1) is 11.8 Å². The largest absolute Gasteiger partial charge is 0.396 e. The van der Waals surface area contributed by atoms with E-state index in [2.05, 4.69) is 50.4 Å². The summed E-state index contributed by atoms with van der Waals surface area (Å²) in [6.45, 7) is 8.84. The van der Waals surface area contributed by atoms with Crippen molar-refractivity contribution < 1.29 is 5.11 Å². The predicted molar refractivity (Wildman–Crippen MR) is 80.0 cm³/mol. The van der Waals surface area contributed by atoms with Crippen LogP contribution in [-0.4, -0.2) is 23.5 Å². The number of thioether (sulfide) groups is 1. The van der Waals surface area contributed by atoms with Gasteiger partial charge >= 0.3 is 0 Å². The van der Waals surface area contributed by atoms with Gasteiger partial charge in [0.15, 0.2) is 0 Å². The zero-order valence-electron chi connectivity index (χ0n) is 11.6. The maximum Gasteiger partial charge on any atom is 0.0441 e. The highest BCUT2D eigenvalue weighted by Crippen LogP contribution is 2.28. The Morgan fingerprint density at radius 3 is 2.61 bits per heavy atom. The monoisotopic (exact) mass is 267 g/mol. The lowest BCUT2D eigenvalue weighted by Crippen LogP contribution is -2.19. The topological polar surface area (TPSA) is 32.3 Å². The number of aliphatic hydroxyl groups is 1. The van der Waals surface area contributed by atoms with Crippen molar-refractivity contribution in [2.45, 2.75) is 43.9 Å². The molecule has 0 aliphatic carbocycles. The predicted octanol–water partition coefficient (Wildman–Crippen LogP) is 3.30. The molecule has 2 N–H and O–H groups in total. The van der Waals surface area contributed by atoms with Crippen LogP contribution in [0.3, 0.4) is 0 Å². The summed E-state index contributed by atoms with van der Waals surface area (Å²) in [5, 5.41) is 12.9. The lowest BCUT2D eigenvalue weighted by molar-refractivity contribution is 0.289. The van der Waals surface area contributed by atoms with Crippen molar-refractivity contribution in [1.29, 1.82) is 0 Å². The van der Waals surface area contributed by atoms with Crippen LogP contribution >= 0.6 is 11.8 Å². The number of benzene rings is 1. The fraction of sp³-hybridized carbons (Fsp3) is 0.600. The van der Waals surface area contributed by atoms with Gasteiger partial charge in [-0.1, -0.05) is 39.0 Å². The van der Waals surface area contributed by atoms with Crippen molar-refractivity contribution in [3.8, 4) is 0 Å². The van der Waals surface area contributed by atoms with Gasteiger partial charge in [0.25, 0.3) is 0 Å². The molecule has 3 heteroatoms. The average molecular weight is 267 g/mol. The molecule has 1 atom stereocenters. The van der Waals surface area contributed by atoms with Gasteiger partial charge in [-0.2, -0.15) is 0 Å². The van der Waals surface area contributed by atoms with Crippen molar-refractivity contribution in [2.75, 3.05) is 13.2 Å². The van der Waals surface area contributed by atoms with Crippen LogP contribution in [0.2, 0.25) is 0 Å². The lowest BCUT2D eigenvalue weighted by Gasteiger charge is -2.14. The van der Waals surface area contributed by atoms with E-state index >= 15 is 0 Å². The molecule has 0 spiro atoms. The second-order valence-electron chi connectivity index (χ2n) is 5.07. The van der Waals surface area contributed by atoms with E-state index in [-0.39, 0.29) is 6.61 Å². The van der Waals surface area contributed by atoms with E-state index in [1.807, 2.05) is 11.8 Å². The first-order valence-electron chi connectivity index (χ1n) is 6.69.